The molecule has 1 aromatic rings. The quantitative estimate of drug-likeness (QED) is 0.673. The van der Waals surface area contributed by atoms with Crippen LogP contribution in [-0.4, -0.2) is 6.29 Å². The van der Waals surface area contributed by atoms with Gasteiger partial charge in [-0.05, 0) is 36.5 Å². The first-order valence-corrected chi connectivity index (χ1v) is 5.02. The minimum absolute atomic E-state index is 0.0977. The highest BCUT2D eigenvalue weighted by molar-refractivity contribution is 5.62. The van der Waals surface area contributed by atoms with E-state index in [4.69, 9.17) is 0 Å². The van der Waals surface area contributed by atoms with Crippen LogP contribution in [0.2, 0.25) is 0 Å². The van der Waals surface area contributed by atoms with Gasteiger partial charge in [-0.3, -0.25) is 0 Å². The molecule has 0 radical (unpaired) electrons. The van der Waals surface area contributed by atoms with Crippen LogP contribution >= 0.6 is 0 Å². The van der Waals surface area contributed by atoms with Gasteiger partial charge in [-0.15, -0.1) is 0 Å². The van der Waals surface area contributed by atoms with Gasteiger partial charge in [-0.25, -0.2) is 4.39 Å². The number of carbonyl (C=O) groups excluding carboxylic acids is 1. The van der Waals surface area contributed by atoms with E-state index >= 15 is 0 Å². The third kappa shape index (κ3) is 1.69. The van der Waals surface area contributed by atoms with Gasteiger partial charge in [-0.2, -0.15) is 0 Å². The SMILES string of the molecule is O=CC(c1cccc(F)c1)C1CCC1. The topological polar surface area (TPSA) is 17.1 Å². The molecule has 14 heavy (non-hydrogen) atoms. The van der Waals surface area contributed by atoms with Gasteiger partial charge in [0.2, 0.25) is 0 Å². The number of benzene rings is 1. The third-order valence-electron chi connectivity index (χ3n) is 3.04. The summed E-state index contributed by atoms with van der Waals surface area (Å²) in [5, 5.41) is 0. The second-order valence-electron chi connectivity index (χ2n) is 3.91. The smallest absolute Gasteiger partial charge is 0.127 e. The Labute approximate surface area is 82.9 Å². The van der Waals surface area contributed by atoms with E-state index in [1.807, 2.05) is 6.07 Å². The summed E-state index contributed by atoms with van der Waals surface area (Å²) in [6.07, 6.45) is 4.35. The standard InChI is InChI=1S/C12H13FO/c13-11-6-2-5-10(7-11)12(8-14)9-3-1-4-9/h2,5-9,12H,1,3-4H2. The highest BCUT2D eigenvalue weighted by Crippen LogP contribution is 2.38. The Bertz CT molecular complexity index is 331. The summed E-state index contributed by atoms with van der Waals surface area (Å²) in [5.41, 5.74) is 0.824. The van der Waals surface area contributed by atoms with Crippen LogP contribution in [0, 0.1) is 11.7 Å². The lowest BCUT2D eigenvalue weighted by Gasteiger charge is -2.30. The summed E-state index contributed by atoms with van der Waals surface area (Å²) < 4.78 is 12.9. The maximum absolute atomic E-state index is 12.9. The highest BCUT2D eigenvalue weighted by atomic mass is 19.1. The molecule has 0 aliphatic heterocycles. The van der Waals surface area contributed by atoms with E-state index in [0.717, 1.165) is 24.7 Å². The molecule has 2 rings (SSSR count). The molecule has 1 nitrogen and oxygen atoms in total. The molecule has 0 heterocycles. The molecule has 0 bridgehead atoms. The first-order valence-electron chi connectivity index (χ1n) is 5.02. The number of halogens is 1. The summed E-state index contributed by atoms with van der Waals surface area (Å²) in [6.45, 7) is 0. The zero-order chi connectivity index (χ0) is 9.97. The van der Waals surface area contributed by atoms with Gasteiger partial charge in [0.05, 0.1) is 0 Å². The van der Waals surface area contributed by atoms with E-state index in [1.165, 1.54) is 18.6 Å². The summed E-state index contributed by atoms with van der Waals surface area (Å²) in [6, 6.07) is 6.38. The van der Waals surface area contributed by atoms with Crippen molar-refractivity contribution in [2.75, 3.05) is 0 Å². The lowest BCUT2D eigenvalue weighted by atomic mass is 9.74. The molecule has 0 saturated heterocycles. The molecule has 1 aromatic carbocycles. The minimum Gasteiger partial charge on any atom is -0.303 e. The van der Waals surface area contributed by atoms with E-state index in [9.17, 15) is 9.18 Å². The summed E-state index contributed by atoms with van der Waals surface area (Å²) in [7, 11) is 0. The molecule has 1 unspecified atom stereocenters. The molecule has 1 fully saturated rings. The first kappa shape index (κ1) is 9.38. The Hall–Kier alpha value is -1.18. The maximum atomic E-state index is 12.9. The van der Waals surface area contributed by atoms with Crippen molar-refractivity contribution in [3.05, 3.63) is 35.6 Å². The van der Waals surface area contributed by atoms with E-state index < -0.39 is 0 Å². The fourth-order valence-corrected chi connectivity index (χ4v) is 1.97. The fourth-order valence-electron chi connectivity index (χ4n) is 1.97. The van der Waals surface area contributed by atoms with Crippen molar-refractivity contribution >= 4 is 6.29 Å². The largest absolute Gasteiger partial charge is 0.303 e. The average Bonchev–Trinajstić information content (AvgIpc) is 2.10. The van der Waals surface area contributed by atoms with Gasteiger partial charge in [0.25, 0.3) is 0 Å². The van der Waals surface area contributed by atoms with E-state index in [-0.39, 0.29) is 11.7 Å². The van der Waals surface area contributed by atoms with Crippen molar-refractivity contribution in [1.82, 2.24) is 0 Å². The Morgan fingerprint density at radius 2 is 2.21 bits per heavy atom. The van der Waals surface area contributed by atoms with E-state index in [0.29, 0.717) is 5.92 Å². The molecule has 74 valence electrons. The molecule has 1 atom stereocenters. The van der Waals surface area contributed by atoms with Crippen LogP contribution in [0.1, 0.15) is 30.7 Å². The van der Waals surface area contributed by atoms with Crippen LogP contribution in [0.5, 0.6) is 0 Å². The van der Waals surface area contributed by atoms with Crippen molar-refractivity contribution in [2.45, 2.75) is 25.2 Å². The predicted molar refractivity (Wildman–Crippen MR) is 52.5 cm³/mol. The Kier molecular flexibility index (Phi) is 2.62. The molecule has 0 N–H and O–H groups in total. The van der Waals surface area contributed by atoms with E-state index in [2.05, 4.69) is 0 Å². The lowest BCUT2D eigenvalue weighted by molar-refractivity contribution is -0.110. The number of rotatable bonds is 3. The van der Waals surface area contributed by atoms with Crippen LogP contribution in [0.3, 0.4) is 0 Å². The molecule has 1 saturated carbocycles. The zero-order valence-electron chi connectivity index (χ0n) is 7.95. The predicted octanol–water partition coefficient (Wildman–Crippen LogP) is 2.91. The summed E-state index contributed by atoms with van der Waals surface area (Å²) >= 11 is 0. The third-order valence-corrected chi connectivity index (χ3v) is 3.04. The van der Waals surface area contributed by atoms with Gasteiger partial charge >= 0.3 is 0 Å². The Morgan fingerprint density at radius 3 is 2.71 bits per heavy atom. The number of carbonyl (C=O) groups is 1. The van der Waals surface area contributed by atoms with Crippen molar-refractivity contribution in [2.24, 2.45) is 5.92 Å². The maximum Gasteiger partial charge on any atom is 0.127 e. The molecule has 2 heteroatoms. The lowest BCUT2D eigenvalue weighted by Crippen LogP contribution is -2.21. The molecule has 0 spiro atoms. The van der Waals surface area contributed by atoms with Crippen LogP contribution in [0.25, 0.3) is 0 Å². The van der Waals surface area contributed by atoms with Crippen LogP contribution < -0.4 is 0 Å². The summed E-state index contributed by atoms with van der Waals surface area (Å²) in [4.78, 5) is 10.9. The second kappa shape index (κ2) is 3.91. The van der Waals surface area contributed by atoms with Crippen molar-refractivity contribution in [1.29, 1.82) is 0 Å². The second-order valence-corrected chi connectivity index (χ2v) is 3.91. The van der Waals surface area contributed by atoms with Crippen LogP contribution in [0.15, 0.2) is 24.3 Å². The van der Waals surface area contributed by atoms with Crippen LogP contribution in [0.4, 0.5) is 4.39 Å². The normalized spacial score (nSPS) is 18.6. The molecular weight excluding hydrogens is 179 g/mol. The van der Waals surface area contributed by atoms with Crippen LogP contribution in [-0.2, 0) is 4.79 Å². The van der Waals surface area contributed by atoms with Gasteiger partial charge in [0.1, 0.15) is 12.1 Å². The van der Waals surface area contributed by atoms with Gasteiger partial charge in [-0.1, -0.05) is 18.6 Å². The molecule has 1 aliphatic rings. The molecule has 0 amide bonds. The van der Waals surface area contributed by atoms with Gasteiger partial charge in [0, 0.05) is 5.92 Å². The fraction of sp³-hybridized carbons (Fsp3) is 0.417. The number of hydrogen-bond acceptors (Lipinski definition) is 1. The highest BCUT2D eigenvalue weighted by Gasteiger charge is 2.28. The molecule has 0 aromatic heterocycles. The molecular formula is C12H13FO. The Morgan fingerprint density at radius 1 is 1.43 bits per heavy atom. The van der Waals surface area contributed by atoms with Crippen molar-refractivity contribution in [3.8, 4) is 0 Å². The zero-order valence-corrected chi connectivity index (χ0v) is 7.95. The number of aldehydes is 1. The summed E-state index contributed by atoms with van der Waals surface area (Å²) in [5.74, 6) is 0.0856. The Balaban J connectivity index is 2.21. The van der Waals surface area contributed by atoms with Crippen molar-refractivity contribution < 1.29 is 9.18 Å². The van der Waals surface area contributed by atoms with E-state index in [1.54, 1.807) is 6.07 Å². The van der Waals surface area contributed by atoms with Gasteiger partial charge in [0.15, 0.2) is 0 Å². The monoisotopic (exact) mass is 192 g/mol. The first-order chi connectivity index (χ1) is 6.81. The molecule has 1 aliphatic carbocycles. The minimum atomic E-state index is -0.256. The number of hydrogen-bond donors (Lipinski definition) is 0. The average molecular weight is 192 g/mol. The van der Waals surface area contributed by atoms with Gasteiger partial charge < -0.3 is 4.79 Å². The van der Waals surface area contributed by atoms with Crippen molar-refractivity contribution in [3.63, 3.8) is 0 Å².